The highest BCUT2D eigenvalue weighted by Crippen LogP contribution is 2.26. The molecule has 0 amide bonds. The summed E-state index contributed by atoms with van der Waals surface area (Å²) in [6.07, 6.45) is 3.20. The summed E-state index contributed by atoms with van der Waals surface area (Å²) in [7, 11) is 0. The van der Waals surface area contributed by atoms with Crippen LogP contribution in [0.1, 0.15) is 30.8 Å². The van der Waals surface area contributed by atoms with Gasteiger partial charge in [-0.1, -0.05) is 25.4 Å². The number of nitrogens with zero attached hydrogens (tertiary/aromatic N) is 2. The van der Waals surface area contributed by atoms with Crippen LogP contribution in [-0.2, 0) is 13.0 Å². The zero-order valence-corrected chi connectivity index (χ0v) is 18.8. The molecular weight excluding hydrogens is 434 g/mol. The Labute approximate surface area is 188 Å². The third kappa shape index (κ3) is 4.43. The first kappa shape index (κ1) is 21.3. The van der Waals surface area contributed by atoms with Crippen LogP contribution in [0.15, 0.2) is 52.2 Å². The normalized spacial score (nSPS) is 11.2. The molecule has 0 aliphatic heterocycles. The molecule has 0 bridgehead atoms. The van der Waals surface area contributed by atoms with Crippen LogP contribution >= 0.6 is 22.9 Å². The van der Waals surface area contributed by atoms with E-state index >= 15 is 0 Å². The molecule has 0 atom stereocenters. The predicted octanol–water partition coefficient (Wildman–Crippen LogP) is 4.87. The molecule has 0 radical (unpaired) electrons. The molecule has 0 fully saturated rings. The number of thiophene rings is 1. The van der Waals surface area contributed by atoms with Crippen molar-refractivity contribution in [3.05, 3.63) is 78.8 Å². The van der Waals surface area contributed by atoms with E-state index in [-0.39, 0.29) is 23.3 Å². The second-order valence-corrected chi connectivity index (χ2v) is 8.71. The number of fused-ring (bicyclic) bond motifs is 1. The van der Waals surface area contributed by atoms with Gasteiger partial charge in [0.05, 0.1) is 18.5 Å². The Kier molecular flexibility index (Phi) is 6.25. The van der Waals surface area contributed by atoms with Crippen LogP contribution in [0.3, 0.4) is 0 Å². The molecule has 1 N–H and O–H groups in total. The second kappa shape index (κ2) is 9.08. The second-order valence-electron chi connectivity index (χ2n) is 7.15. The van der Waals surface area contributed by atoms with Crippen molar-refractivity contribution in [3.8, 4) is 17.1 Å². The maximum absolute atomic E-state index is 13.4. The van der Waals surface area contributed by atoms with E-state index in [1.807, 2.05) is 25.1 Å². The van der Waals surface area contributed by atoms with E-state index in [1.165, 1.54) is 17.4 Å². The number of nitrogens with one attached hydrogen (secondary N) is 1. The Balaban J connectivity index is 1.83. The maximum atomic E-state index is 13.4. The largest absolute Gasteiger partial charge is 0.488 e. The summed E-state index contributed by atoms with van der Waals surface area (Å²) in [4.78, 5) is 35.5. The monoisotopic (exact) mass is 455 g/mol. The van der Waals surface area contributed by atoms with E-state index in [9.17, 15) is 9.59 Å². The van der Waals surface area contributed by atoms with Gasteiger partial charge in [-0.05, 0) is 43.2 Å². The molecule has 4 aromatic rings. The Morgan fingerprint density at radius 1 is 1.16 bits per heavy atom. The van der Waals surface area contributed by atoms with E-state index in [0.29, 0.717) is 33.4 Å². The van der Waals surface area contributed by atoms with E-state index in [0.717, 1.165) is 23.3 Å². The van der Waals surface area contributed by atoms with Crippen LogP contribution in [0, 0.1) is 0 Å². The molecule has 6 nitrogen and oxygen atoms in total. The number of halogens is 1. The van der Waals surface area contributed by atoms with Crippen LogP contribution in [0.5, 0.6) is 5.75 Å². The number of hydrogen-bond acceptors (Lipinski definition) is 5. The molecule has 3 aromatic heterocycles. The van der Waals surface area contributed by atoms with Gasteiger partial charge in [0.1, 0.15) is 10.7 Å². The third-order valence-corrected chi connectivity index (χ3v) is 6.31. The van der Waals surface area contributed by atoms with Gasteiger partial charge in [-0.2, -0.15) is 0 Å². The van der Waals surface area contributed by atoms with Gasteiger partial charge in [-0.15, -0.1) is 11.3 Å². The number of aromatic amines is 1. The van der Waals surface area contributed by atoms with Gasteiger partial charge >= 0.3 is 0 Å². The number of aromatic nitrogens is 3. The van der Waals surface area contributed by atoms with Crippen molar-refractivity contribution in [1.29, 1.82) is 0 Å². The van der Waals surface area contributed by atoms with Gasteiger partial charge in [0, 0.05) is 33.4 Å². The zero-order valence-electron chi connectivity index (χ0n) is 17.3. The molecule has 0 saturated heterocycles. The van der Waals surface area contributed by atoms with Crippen LogP contribution in [0.2, 0.25) is 5.02 Å². The smallest absolute Gasteiger partial charge is 0.262 e. The minimum atomic E-state index is -0.221. The predicted molar refractivity (Wildman–Crippen MR) is 126 cm³/mol. The molecule has 0 aliphatic carbocycles. The molecule has 8 heteroatoms. The number of ether oxygens (including phenoxy) is 1. The van der Waals surface area contributed by atoms with Crippen LogP contribution < -0.4 is 15.7 Å². The highest BCUT2D eigenvalue weighted by molar-refractivity contribution is 7.18. The number of pyridine rings is 1. The van der Waals surface area contributed by atoms with Crippen molar-refractivity contribution in [2.24, 2.45) is 0 Å². The molecule has 31 heavy (non-hydrogen) atoms. The minimum absolute atomic E-state index is 0.141. The highest BCUT2D eigenvalue weighted by atomic mass is 35.5. The quantitative estimate of drug-likeness (QED) is 0.431. The molecule has 1 aromatic carbocycles. The van der Waals surface area contributed by atoms with E-state index in [4.69, 9.17) is 21.3 Å². The summed E-state index contributed by atoms with van der Waals surface area (Å²) in [6.45, 7) is 4.68. The zero-order chi connectivity index (χ0) is 22.0. The molecule has 3 heterocycles. The van der Waals surface area contributed by atoms with Gasteiger partial charge < -0.3 is 9.72 Å². The fourth-order valence-electron chi connectivity index (χ4n) is 3.29. The lowest BCUT2D eigenvalue weighted by molar-refractivity contribution is 0.313. The summed E-state index contributed by atoms with van der Waals surface area (Å²) < 4.78 is 7.05. The molecule has 0 aliphatic rings. The summed E-state index contributed by atoms with van der Waals surface area (Å²) >= 11 is 7.57. The molecule has 0 spiro atoms. The molecular formula is C23H22ClN3O3S. The maximum Gasteiger partial charge on any atom is 0.262 e. The Bertz CT molecular complexity index is 1340. The van der Waals surface area contributed by atoms with Crippen molar-refractivity contribution >= 4 is 33.2 Å². The van der Waals surface area contributed by atoms with Crippen LogP contribution in [0.4, 0.5) is 0 Å². The van der Waals surface area contributed by atoms with Gasteiger partial charge in [-0.3, -0.25) is 14.2 Å². The van der Waals surface area contributed by atoms with Crippen LogP contribution in [0.25, 0.3) is 21.6 Å². The van der Waals surface area contributed by atoms with E-state index < -0.39 is 0 Å². The number of benzene rings is 1. The minimum Gasteiger partial charge on any atom is -0.488 e. The van der Waals surface area contributed by atoms with Crippen molar-refractivity contribution in [2.75, 3.05) is 6.61 Å². The first-order chi connectivity index (χ1) is 15.0. The molecule has 4 rings (SSSR count). The lowest BCUT2D eigenvalue weighted by Gasteiger charge is -2.13. The molecule has 0 unspecified atom stereocenters. The average Bonchev–Trinajstić information content (AvgIpc) is 3.19. The third-order valence-electron chi connectivity index (χ3n) is 4.88. The summed E-state index contributed by atoms with van der Waals surface area (Å²) in [5.41, 5.74) is 1.01. The summed E-state index contributed by atoms with van der Waals surface area (Å²) in [6, 6.07) is 10.6. The number of rotatable bonds is 7. The summed E-state index contributed by atoms with van der Waals surface area (Å²) in [5, 5.41) is 1.19. The van der Waals surface area contributed by atoms with Crippen molar-refractivity contribution in [3.63, 3.8) is 0 Å². The van der Waals surface area contributed by atoms with Gasteiger partial charge in [0.15, 0.2) is 5.75 Å². The number of hydrogen-bond donors (Lipinski definition) is 1. The molecule has 0 saturated carbocycles. The number of H-pyrrole nitrogens is 1. The Morgan fingerprint density at radius 3 is 2.61 bits per heavy atom. The Hall–Kier alpha value is -2.90. The SMILES string of the molecule is CCCOc1c[nH]c(Cn2c(-c3ccc(Cl)cc3)nc3sc(CC)cc3c2=O)cc1=O. The van der Waals surface area contributed by atoms with E-state index in [2.05, 4.69) is 11.9 Å². The van der Waals surface area contributed by atoms with Gasteiger partial charge in [0.25, 0.3) is 5.56 Å². The van der Waals surface area contributed by atoms with Crippen molar-refractivity contribution in [1.82, 2.24) is 14.5 Å². The fraction of sp³-hybridized carbons (Fsp3) is 0.261. The first-order valence-electron chi connectivity index (χ1n) is 10.1. The van der Waals surface area contributed by atoms with Crippen molar-refractivity contribution in [2.45, 2.75) is 33.2 Å². The Morgan fingerprint density at radius 2 is 1.94 bits per heavy atom. The number of aryl methyl sites for hydroxylation is 1. The lowest BCUT2D eigenvalue weighted by Crippen LogP contribution is -2.24. The fourth-order valence-corrected chi connectivity index (χ4v) is 4.38. The molecule has 160 valence electrons. The van der Waals surface area contributed by atoms with E-state index in [1.54, 1.807) is 22.9 Å². The van der Waals surface area contributed by atoms with Crippen molar-refractivity contribution < 1.29 is 4.74 Å². The van der Waals surface area contributed by atoms with Gasteiger partial charge in [-0.25, -0.2) is 4.98 Å². The lowest BCUT2D eigenvalue weighted by atomic mass is 10.2. The first-order valence-corrected chi connectivity index (χ1v) is 11.3. The topological polar surface area (TPSA) is 77.0 Å². The average molecular weight is 456 g/mol. The highest BCUT2D eigenvalue weighted by Gasteiger charge is 2.16. The van der Waals surface area contributed by atoms with Crippen LogP contribution in [-0.4, -0.2) is 21.1 Å². The standard InChI is InChI=1S/C23H22ClN3O3S/c1-3-9-30-20-12-25-16(10-19(20)28)13-27-21(14-5-7-15(24)8-6-14)26-22-18(23(27)29)11-17(4-2)31-22/h5-8,10-12H,3-4,9,13H2,1-2H3,(H,25,28). The summed E-state index contributed by atoms with van der Waals surface area (Å²) in [5.74, 6) is 0.806. The van der Waals surface area contributed by atoms with Gasteiger partial charge in [0.2, 0.25) is 5.43 Å².